The molecule has 1 N–H and O–H groups in total. The maximum Gasteiger partial charge on any atom is 0.271 e. The lowest BCUT2D eigenvalue weighted by Gasteiger charge is -2.02. The summed E-state index contributed by atoms with van der Waals surface area (Å²) in [5, 5.41) is 8.65. The third-order valence-electron chi connectivity index (χ3n) is 3.50. The molecule has 0 saturated heterocycles. The molecule has 5 nitrogen and oxygen atoms in total. The normalized spacial score (nSPS) is 11.0. The highest BCUT2D eigenvalue weighted by atomic mass is 35.5. The monoisotopic (exact) mass is 356 g/mol. The maximum absolute atomic E-state index is 13.1. The molecule has 1 heterocycles. The first-order valence-corrected chi connectivity index (χ1v) is 7.83. The Bertz CT molecular complexity index is 938. The standard InChI is InChI=1S/C18H14ClFN4O/c1-12-16(17(19)24(23-12)15-8-3-2-4-9-15)11-21-22-18(25)13-6-5-7-14(20)10-13/h2-11H,1H3,(H,22,25)/b21-11+. The van der Waals surface area contributed by atoms with Crippen molar-refractivity contribution in [1.82, 2.24) is 15.2 Å². The number of benzene rings is 2. The van der Waals surface area contributed by atoms with Gasteiger partial charge in [0.2, 0.25) is 0 Å². The fourth-order valence-corrected chi connectivity index (χ4v) is 2.57. The minimum absolute atomic E-state index is 0.181. The van der Waals surface area contributed by atoms with Crippen LogP contribution < -0.4 is 5.43 Å². The van der Waals surface area contributed by atoms with E-state index in [2.05, 4.69) is 15.6 Å². The number of hydrogen-bond donors (Lipinski definition) is 1. The van der Waals surface area contributed by atoms with E-state index in [1.54, 1.807) is 11.6 Å². The van der Waals surface area contributed by atoms with Gasteiger partial charge in [-0.1, -0.05) is 35.9 Å². The van der Waals surface area contributed by atoms with Gasteiger partial charge in [0.1, 0.15) is 11.0 Å². The van der Waals surface area contributed by atoms with Crippen LogP contribution in [0.1, 0.15) is 21.6 Å². The summed E-state index contributed by atoms with van der Waals surface area (Å²) in [5.41, 5.74) is 4.60. The predicted molar refractivity (Wildman–Crippen MR) is 94.8 cm³/mol. The van der Waals surface area contributed by atoms with Crippen LogP contribution in [0.5, 0.6) is 0 Å². The second kappa shape index (κ2) is 7.27. The summed E-state index contributed by atoms with van der Waals surface area (Å²) in [6.45, 7) is 1.79. The van der Waals surface area contributed by atoms with Crippen LogP contribution in [0, 0.1) is 12.7 Å². The number of nitrogens with one attached hydrogen (secondary N) is 1. The molecule has 3 aromatic rings. The van der Waals surface area contributed by atoms with E-state index in [0.29, 0.717) is 16.4 Å². The molecule has 0 radical (unpaired) electrons. The van der Waals surface area contributed by atoms with Crippen molar-refractivity contribution < 1.29 is 9.18 Å². The van der Waals surface area contributed by atoms with E-state index in [1.807, 2.05) is 30.3 Å². The molecule has 2 aromatic carbocycles. The number of para-hydroxylation sites is 1. The fourth-order valence-electron chi connectivity index (χ4n) is 2.25. The molecule has 25 heavy (non-hydrogen) atoms. The Labute approximate surface area is 148 Å². The Hall–Kier alpha value is -2.99. The molecule has 0 unspecified atom stereocenters. The zero-order chi connectivity index (χ0) is 17.8. The molecule has 0 bridgehead atoms. The summed E-state index contributed by atoms with van der Waals surface area (Å²) in [6, 6.07) is 14.8. The van der Waals surface area contributed by atoms with Gasteiger partial charge in [0.15, 0.2) is 0 Å². The SMILES string of the molecule is Cc1nn(-c2ccccc2)c(Cl)c1/C=N/NC(=O)c1cccc(F)c1. The van der Waals surface area contributed by atoms with E-state index in [1.165, 1.54) is 24.4 Å². The van der Waals surface area contributed by atoms with Crippen molar-refractivity contribution in [2.75, 3.05) is 0 Å². The smallest absolute Gasteiger partial charge is 0.267 e. The summed E-state index contributed by atoms with van der Waals surface area (Å²) in [5.74, 6) is -1.00. The molecule has 0 spiro atoms. The molecule has 1 aromatic heterocycles. The molecule has 0 aliphatic rings. The topological polar surface area (TPSA) is 59.3 Å². The number of hydrazone groups is 1. The van der Waals surface area contributed by atoms with E-state index < -0.39 is 11.7 Å². The maximum atomic E-state index is 13.1. The number of carbonyl (C=O) groups excluding carboxylic acids is 1. The average Bonchev–Trinajstić information content (AvgIpc) is 2.90. The second-order valence-corrected chi connectivity index (χ2v) is 5.60. The van der Waals surface area contributed by atoms with Gasteiger partial charge in [-0.2, -0.15) is 10.2 Å². The molecule has 7 heteroatoms. The molecule has 0 aliphatic heterocycles. The minimum atomic E-state index is -0.514. The van der Waals surface area contributed by atoms with Gasteiger partial charge in [0.25, 0.3) is 5.91 Å². The first-order valence-electron chi connectivity index (χ1n) is 7.46. The lowest BCUT2D eigenvalue weighted by Crippen LogP contribution is -2.17. The molecular formula is C18H14ClFN4O. The van der Waals surface area contributed by atoms with Gasteiger partial charge in [-0.05, 0) is 37.3 Å². The lowest BCUT2D eigenvalue weighted by molar-refractivity contribution is 0.0954. The Morgan fingerprint density at radius 1 is 1.24 bits per heavy atom. The van der Waals surface area contributed by atoms with Crippen LogP contribution in [0.4, 0.5) is 4.39 Å². The van der Waals surface area contributed by atoms with Crippen LogP contribution in [0.15, 0.2) is 59.7 Å². The third kappa shape index (κ3) is 3.75. The number of amides is 1. The van der Waals surface area contributed by atoms with Gasteiger partial charge in [0.05, 0.1) is 23.2 Å². The highest BCUT2D eigenvalue weighted by Crippen LogP contribution is 2.21. The minimum Gasteiger partial charge on any atom is -0.267 e. The van der Waals surface area contributed by atoms with Gasteiger partial charge in [-0.15, -0.1) is 0 Å². The zero-order valence-corrected chi connectivity index (χ0v) is 14.0. The molecular weight excluding hydrogens is 343 g/mol. The summed E-state index contributed by atoms with van der Waals surface area (Å²) in [7, 11) is 0. The number of rotatable bonds is 4. The van der Waals surface area contributed by atoms with Crippen molar-refractivity contribution in [3.63, 3.8) is 0 Å². The van der Waals surface area contributed by atoms with Crippen molar-refractivity contribution >= 4 is 23.7 Å². The largest absolute Gasteiger partial charge is 0.271 e. The summed E-state index contributed by atoms with van der Waals surface area (Å²) in [4.78, 5) is 11.9. The number of nitrogens with zero attached hydrogens (tertiary/aromatic N) is 3. The number of carbonyl (C=O) groups is 1. The highest BCUT2D eigenvalue weighted by Gasteiger charge is 2.13. The summed E-state index contributed by atoms with van der Waals surface area (Å²) >= 11 is 6.36. The predicted octanol–water partition coefficient (Wildman–Crippen LogP) is 3.74. The molecule has 0 aliphatic carbocycles. The van der Waals surface area contributed by atoms with Crippen molar-refractivity contribution in [1.29, 1.82) is 0 Å². The molecule has 126 valence electrons. The van der Waals surface area contributed by atoms with Gasteiger partial charge < -0.3 is 0 Å². The van der Waals surface area contributed by atoms with Crippen LogP contribution in [-0.2, 0) is 0 Å². The number of aromatic nitrogens is 2. The molecule has 3 rings (SSSR count). The summed E-state index contributed by atoms with van der Waals surface area (Å²) in [6.07, 6.45) is 1.42. The Balaban J connectivity index is 1.78. The number of aryl methyl sites for hydroxylation is 1. The quantitative estimate of drug-likeness (QED) is 0.572. The van der Waals surface area contributed by atoms with Gasteiger partial charge in [-0.25, -0.2) is 14.5 Å². The van der Waals surface area contributed by atoms with E-state index in [-0.39, 0.29) is 5.56 Å². The van der Waals surface area contributed by atoms with Crippen molar-refractivity contribution in [3.05, 3.63) is 82.4 Å². The van der Waals surface area contributed by atoms with Gasteiger partial charge in [-0.3, -0.25) is 4.79 Å². The second-order valence-electron chi connectivity index (χ2n) is 5.25. The van der Waals surface area contributed by atoms with Crippen LogP contribution in [0.25, 0.3) is 5.69 Å². The molecule has 0 fully saturated rings. The molecule has 1 amide bonds. The van der Waals surface area contributed by atoms with E-state index in [4.69, 9.17) is 11.6 Å². The van der Waals surface area contributed by atoms with Crippen molar-refractivity contribution in [2.45, 2.75) is 6.92 Å². The Morgan fingerprint density at radius 2 is 2.00 bits per heavy atom. The van der Waals surface area contributed by atoms with Crippen LogP contribution in [0.3, 0.4) is 0 Å². The fraction of sp³-hybridized carbons (Fsp3) is 0.0556. The van der Waals surface area contributed by atoms with Crippen LogP contribution in [0.2, 0.25) is 5.15 Å². The van der Waals surface area contributed by atoms with Crippen LogP contribution >= 0.6 is 11.6 Å². The first kappa shape index (κ1) is 16.9. The van der Waals surface area contributed by atoms with Crippen molar-refractivity contribution in [3.8, 4) is 5.69 Å². The lowest BCUT2D eigenvalue weighted by atomic mass is 10.2. The van der Waals surface area contributed by atoms with E-state index >= 15 is 0 Å². The third-order valence-corrected chi connectivity index (χ3v) is 3.86. The Kier molecular flexibility index (Phi) is 4.90. The summed E-state index contributed by atoms with van der Waals surface area (Å²) < 4.78 is 14.7. The molecule has 0 saturated carbocycles. The first-order chi connectivity index (χ1) is 12.1. The van der Waals surface area contributed by atoms with Crippen molar-refractivity contribution in [2.24, 2.45) is 5.10 Å². The molecule has 0 atom stereocenters. The van der Waals surface area contributed by atoms with Gasteiger partial charge in [0, 0.05) is 5.56 Å². The van der Waals surface area contributed by atoms with E-state index in [9.17, 15) is 9.18 Å². The van der Waals surface area contributed by atoms with E-state index in [0.717, 1.165) is 11.8 Å². The number of halogens is 2. The Morgan fingerprint density at radius 3 is 2.72 bits per heavy atom. The number of hydrogen-bond acceptors (Lipinski definition) is 3. The van der Waals surface area contributed by atoms with Crippen LogP contribution in [-0.4, -0.2) is 21.9 Å². The van der Waals surface area contributed by atoms with Gasteiger partial charge >= 0.3 is 0 Å². The average molecular weight is 357 g/mol. The zero-order valence-electron chi connectivity index (χ0n) is 13.3. The highest BCUT2D eigenvalue weighted by molar-refractivity contribution is 6.32.